The van der Waals surface area contributed by atoms with Crippen molar-refractivity contribution in [3.05, 3.63) is 70.3 Å². The first-order valence-electron chi connectivity index (χ1n) is 18.2. The summed E-state index contributed by atoms with van der Waals surface area (Å²) in [7, 11) is -1.80. The summed E-state index contributed by atoms with van der Waals surface area (Å²) in [6, 6.07) is 10.9. The summed E-state index contributed by atoms with van der Waals surface area (Å²) >= 11 is 6.45. The van der Waals surface area contributed by atoms with Crippen molar-refractivity contribution >= 4 is 39.1 Å². The number of allylic oxidation sites excluding steroid dienone is 1. The van der Waals surface area contributed by atoms with E-state index in [0.717, 1.165) is 30.0 Å². The van der Waals surface area contributed by atoms with Crippen molar-refractivity contribution in [1.29, 1.82) is 0 Å². The quantitative estimate of drug-likeness (QED) is 0.339. The SMILES string of the molecule is CO[C@H]1/C=C\C[C@H](C)CS(=O)(NC(=O)N2CC(C(C)(C)O)C2)=NC(=O)c2ccc3c(c2)N(C[C@H](C)[C@H]1C)C[C@@]1(CCCc2cc(Cl)ccc21)CO3. The van der Waals surface area contributed by atoms with Gasteiger partial charge in [-0.05, 0) is 98.7 Å². The van der Waals surface area contributed by atoms with Gasteiger partial charge in [-0.25, -0.2) is 9.00 Å². The predicted molar refractivity (Wildman–Crippen MR) is 202 cm³/mol. The Kier molecular flexibility index (Phi) is 10.9. The van der Waals surface area contributed by atoms with E-state index in [0.29, 0.717) is 45.0 Å². The van der Waals surface area contributed by atoms with Crippen molar-refractivity contribution in [2.75, 3.05) is 50.5 Å². The molecule has 10 nitrogen and oxygen atoms in total. The summed E-state index contributed by atoms with van der Waals surface area (Å²) in [6.45, 7) is 12.3. The van der Waals surface area contributed by atoms with Crippen LogP contribution in [0.25, 0.3) is 0 Å². The van der Waals surface area contributed by atoms with Gasteiger partial charge in [-0.3, -0.25) is 9.52 Å². The highest BCUT2D eigenvalue weighted by Crippen LogP contribution is 2.45. The molecule has 2 bridgehead atoms. The molecule has 3 aliphatic heterocycles. The molecular formula is C39H53ClN4O6S. The highest BCUT2D eigenvalue weighted by atomic mass is 35.5. The Morgan fingerprint density at radius 1 is 1.16 bits per heavy atom. The van der Waals surface area contributed by atoms with E-state index in [2.05, 4.69) is 46.0 Å². The number of carbonyl (C=O) groups excluding carboxylic acids is 2. The average molecular weight is 741 g/mol. The van der Waals surface area contributed by atoms with E-state index < -0.39 is 27.5 Å². The van der Waals surface area contributed by atoms with Crippen molar-refractivity contribution < 1.29 is 28.4 Å². The molecular weight excluding hydrogens is 688 g/mol. The van der Waals surface area contributed by atoms with Gasteiger partial charge in [0.1, 0.15) is 15.7 Å². The number of nitrogens with one attached hydrogen (secondary N) is 1. The smallest absolute Gasteiger partial charge is 0.329 e. The van der Waals surface area contributed by atoms with Crippen molar-refractivity contribution in [2.24, 2.45) is 28.0 Å². The number of aryl methyl sites for hydroxylation is 1. The maximum absolute atomic E-state index is 14.5. The van der Waals surface area contributed by atoms with Crippen molar-refractivity contribution in [3.8, 4) is 5.75 Å². The van der Waals surface area contributed by atoms with Crippen molar-refractivity contribution in [2.45, 2.75) is 77.4 Å². The molecule has 0 saturated carbocycles. The molecule has 51 heavy (non-hydrogen) atoms. The molecule has 0 radical (unpaired) electrons. The van der Waals surface area contributed by atoms with E-state index >= 15 is 0 Å². The zero-order chi connectivity index (χ0) is 36.7. The van der Waals surface area contributed by atoms with Gasteiger partial charge in [0.25, 0.3) is 5.91 Å². The molecule has 0 aromatic heterocycles. The number of hydrogen-bond acceptors (Lipinski definition) is 7. The molecule has 1 saturated heterocycles. The van der Waals surface area contributed by atoms with Crippen LogP contribution in [0.1, 0.15) is 75.4 Å². The summed E-state index contributed by atoms with van der Waals surface area (Å²) < 4.78 is 34.0. The van der Waals surface area contributed by atoms with Crippen LogP contribution in [-0.2, 0) is 26.5 Å². The summed E-state index contributed by atoms with van der Waals surface area (Å²) in [5.74, 6) is 0.115. The van der Waals surface area contributed by atoms with Crippen LogP contribution < -0.4 is 14.4 Å². The number of halogens is 1. The molecule has 6 atom stereocenters. The molecule has 6 rings (SSSR count). The van der Waals surface area contributed by atoms with Crippen molar-refractivity contribution in [1.82, 2.24) is 9.62 Å². The fourth-order valence-electron chi connectivity index (χ4n) is 8.03. The monoisotopic (exact) mass is 740 g/mol. The Balaban J connectivity index is 1.39. The predicted octanol–water partition coefficient (Wildman–Crippen LogP) is 6.63. The number of ether oxygens (including phenoxy) is 2. The zero-order valence-corrected chi connectivity index (χ0v) is 32.3. The highest BCUT2D eigenvalue weighted by Gasteiger charge is 2.43. The number of rotatable bonds is 3. The number of likely N-dealkylation sites (tertiary alicyclic amines) is 1. The van der Waals surface area contributed by atoms with Gasteiger partial charge < -0.3 is 24.4 Å². The highest BCUT2D eigenvalue weighted by molar-refractivity contribution is 7.92. The number of anilines is 1. The third-order valence-electron chi connectivity index (χ3n) is 11.5. The normalized spacial score (nSPS) is 31.1. The van der Waals surface area contributed by atoms with Gasteiger partial charge in [-0.15, -0.1) is 4.36 Å². The van der Waals surface area contributed by atoms with E-state index in [1.807, 2.05) is 25.1 Å². The van der Waals surface area contributed by atoms with Crippen molar-refractivity contribution in [3.63, 3.8) is 0 Å². The zero-order valence-electron chi connectivity index (χ0n) is 30.7. The van der Waals surface area contributed by atoms with Gasteiger partial charge in [-0.1, -0.05) is 50.6 Å². The molecule has 12 heteroatoms. The number of carbonyl (C=O) groups is 2. The van der Waals surface area contributed by atoms with E-state index in [1.165, 1.54) is 16.0 Å². The second-order valence-corrected chi connectivity index (χ2v) is 18.4. The lowest BCUT2D eigenvalue weighted by Crippen LogP contribution is -2.60. The van der Waals surface area contributed by atoms with Crippen LogP contribution >= 0.6 is 11.6 Å². The maximum Gasteiger partial charge on any atom is 0.329 e. The number of fused-ring (bicyclic) bond motifs is 3. The average Bonchev–Trinajstić information content (AvgIpc) is 3.17. The summed E-state index contributed by atoms with van der Waals surface area (Å²) in [5.41, 5.74) is 2.34. The standard InChI is InChI=1S/C39H53ClN4O6S/c1-25-9-7-11-34(49-6)27(3)26(2)19-44-23-39(16-8-10-28-17-31(40)13-14-32(28)39)24-50-35-15-12-29(18-33(35)44)36(45)41-51(48,22-25)42-37(46)43-20-30(21-43)38(4,5)47/h7,11-15,17-18,25-27,30,34,47H,8-10,16,19-24H2,1-6H3,(H,41,42,45,46,48)/b11-7-/t25-,26-,27+,34-,39-,51?/m0/s1. The van der Waals surface area contributed by atoms with E-state index in [-0.39, 0.29) is 46.5 Å². The topological polar surface area (TPSA) is 121 Å². The molecule has 2 N–H and O–H groups in total. The number of urea groups is 1. The van der Waals surface area contributed by atoms with Crippen LogP contribution in [0.2, 0.25) is 5.02 Å². The minimum Gasteiger partial charge on any atom is -0.490 e. The molecule has 278 valence electrons. The van der Waals surface area contributed by atoms with E-state index in [9.17, 15) is 18.9 Å². The molecule has 1 aliphatic carbocycles. The van der Waals surface area contributed by atoms with Gasteiger partial charge in [-0.2, -0.15) is 0 Å². The lowest BCUT2D eigenvalue weighted by atomic mass is 9.70. The lowest BCUT2D eigenvalue weighted by Gasteiger charge is -2.45. The second kappa shape index (κ2) is 14.7. The molecule has 4 aliphatic rings. The Morgan fingerprint density at radius 2 is 1.92 bits per heavy atom. The van der Waals surface area contributed by atoms with Gasteiger partial charge in [0.05, 0.1) is 29.8 Å². The summed E-state index contributed by atoms with van der Waals surface area (Å²) in [5, 5.41) is 11.1. The van der Waals surface area contributed by atoms with Crippen LogP contribution in [0.15, 0.2) is 52.9 Å². The van der Waals surface area contributed by atoms with Gasteiger partial charge in [0.15, 0.2) is 0 Å². The first-order chi connectivity index (χ1) is 24.1. The van der Waals surface area contributed by atoms with Crippen LogP contribution in [0.5, 0.6) is 5.75 Å². The van der Waals surface area contributed by atoms with Gasteiger partial charge >= 0.3 is 6.03 Å². The number of amides is 3. The molecule has 2 aromatic carbocycles. The van der Waals surface area contributed by atoms with Crippen LogP contribution in [0, 0.1) is 23.7 Å². The van der Waals surface area contributed by atoms with Gasteiger partial charge in [0.2, 0.25) is 0 Å². The molecule has 1 spiro atoms. The number of aliphatic hydroxyl groups is 1. The number of methoxy groups -OCH3 is 1. The minimum absolute atomic E-state index is 0.00664. The maximum atomic E-state index is 14.5. The molecule has 1 fully saturated rings. The fraction of sp³-hybridized carbons (Fsp3) is 0.590. The first-order valence-corrected chi connectivity index (χ1v) is 20.2. The molecule has 2 aromatic rings. The molecule has 3 amide bonds. The van der Waals surface area contributed by atoms with E-state index in [4.69, 9.17) is 21.1 Å². The van der Waals surface area contributed by atoms with Crippen LogP contribution in [0.4, 0.5) is 10.5 Å². The minimum atomic E-state index is -3.53. The lowest BCUT2D eigenvalue weighted by molar-refractivity contribution is -0.0450. The number of hydrogen-bond donors (Lipinski definition) is 2. The largest absolute Gasteiger partial charge is 0.490 e. The fourth-order valence-corrected chi connectivity index (χ4v) is 10.1. The summed E-state index contributed by atoms with van der Waals surface area (Å²) in [4.78, 5) is 31.1. The van der Waals surface area contributed by atoms with Gasteiger partial charge in [0, 0.05) is 55.2 Å². The first kappa shape index (κ1) is 37.6. The van der Waals surface area contributed by atoms with E-state index in [1.54, 1.807) is 33.1 Å². The number of nitrogens with zero attached hydrogens (tertiary/aromatic N) is 3. The second-order valence-electron chi connectivity index (χ2n) is 16.0. The Bertz CT molecular complexity index is 1800. The van der Waals surface area contributed by atoms with Crippen LogP contribution in [-0.4, -0.2) is 83.5 Å². The molecule has 3 heterocycles. The third-order valence-corrected chi connectivity index (χ3v) is 13.7. The van der Waals surface area contributed by atoms with Crippen LogP contribution in [0.3, 0.4) is 0 Å². The number of benzene rings is 2. The summed E-state index contributed by atoms with van der Waals surface area (Å²) in [6.07, 6.45) is 7.46. The Morgan fingerprint density at radius 3 is 2.65 bits per heavy atom. The Hall–Kier alpha value is -3.12. The molecule has 1 unspecified atom stereocenters. The Labute approximate surface area is 308 Å². The third kappa shape index (κ3) is 8.11.